The molecule has 6 heteroatoms. The Bertz CT molecular complexity index is 573. The van der Waals surface area contributed by atoms with Gasteiger partial charge in [0, 0.05) is 32.8 Å². The molecule has 0 saturated carbocycles. The first-order valence-electron chi connectivity index (χ1n) is 5.82. The van der Waals surface area contributed by atoms with Crippen molar-refractivity contribution in [3.8, 4) is 0 Å². The number of fused-ring (bicyclic) bond motifs is 1. The maximum absolute atomic E-state index is 7.36. The van der Waals surface area contributed by atoms with Gasteiger partial charge in [-0.05, 0) is 13.0 Å². The second-order valence-electron chi connectivity index (χ2n) is 4.55. The average molecular weight is 246 g/mol. The maximum Gasteiger partial charge on any atom is 0.156 e. The fourth-order valence-electron chi connectivity index (χ4n) is 1.97. The Morgan fingerprint density at radius 3 is 2.94 bits per heavy atom. The maximum atomic E-state index is 7.36. The molecule has 0 aliphatic rings. The molecule has 3 N–H and O–H groups in total. The summed E-state index contributed by atoms with van der Waals surface area (Å²) >= 11 is 0. The van der Waals surface area contributed by atoms with Gasteiger partial charge in [0.2, 0.25) is 0 Å². The molecule has 1 atom stereocenters. The summed E-state index contributed by atoms with van der Waals surface area (Å²) in [6, 6.07) is 2.05. The van der Waals surface area contributed by atoms with E-state index in [1.165, 1.54) is 0 Å². The van der Waals surface area contributed by atoms with Gasteiger partial charge >= 0.3 is 0 Å². The van der Waals surface area contributed by atoms with Gasteiger partial charge in [0.25, 0.3) is 0 Å². The molecule has 2 rings (SSSR count). The van der Waals surface area contributed by atoms with Crippen molar-refractivity contribution in [2.75, 3.05) is 11.9 Å². The standard InChI is InChI=1S/C12H18N6/c1-8(6-10(13)14)18(3)12-11-9(4-5-15-12)17(2)7-16-11/h4-5,7-8H,6H2,1-3H3,(H3,13,14). The van der Waals surface area contributed by atoms with Crippen LogP contribution < -0.4 is 10.6 Å². The van der Waals surface area contributed by atoms with E-state index in [4.69, 9.17) is 11.1 Å². The van der Waals surface area contributed by atoms with Crippen molar-refractivity contribution in [1.29, 1.82) is 5.41 Å². The van der Waals surface area contributed by atoms with Crippen LogP contribution >= 0.6 is 0 Å². The first-order valence-corrected chi connectivity index (χ1v) is 5.82. The SMILES string of the molecule is CC(CC(=N)N)N(C)c1nccc2c1ncn2C. The molecule has 96 valence electrons. The second-order valence-corrected chi connectivity index (χ2v) is 4.55. The Morgan fingerprint density at radius 2 is 2.28 bits per heavy atom. The van der Waals surface area contributed by atoms with Crippen LogP contribution in [0.25, 0.3) is 11.0 Å². The largest absolute Gasteiger partial charge is 0.388 e. The van der Waals surface area contributed by atoms with Crippen molar-refractivity contribution in [1.82, 2.24) is 14.5 Å². The predicted octanol–water partition coefficient (Wildman–Crippen LogP) is 1.12. The van der Waals surface area contributed by atoms with E-state index in [0.29, 0.717) is 6.42 Å². The van der Waals surface area contributed by atoms with Crippen LogP contribution in [-0.4, -0.2) is 33.5 Å². The number of amidine groups is 1. The van der Waals surface area contributed by atoms with Crippen molar-refractivity contribution in [2.24, 2.45) is 12.8 Å². The number of rotatable bonds is 4. The summed E-state index contributed by atoms with van der Waals surface area (Å²) in [5.41, 5.74) is 7.36. The minimum absolute atomic E-state index is 0.114. The Kier molecular flexibility index (Phi) is 3.18. The molecule has 0 aromatic carbocycles. The number of aryl methyl sites for hydroxylation is 1. The number of pyridine rings is 1. The molecule has 18 heavy (non-hydrogen) atoms. The third-order valence-corrected chi connectivity index (χ3v) is 3.13. The molecule has 0 aliphatic heterocycles. The minimum Gasteiger partial charge on any atom is -0.388 e. The zero-order chi connectivity index (χ0) is 13.3. The molecule has 2 heterocycles. The number of nitrogens with two attached hydrogens (primary N) is 1. The molecule has 0 fully saturated rings. The lowest BCUT2D eigenvalue weighted by Crippen LogP contribution is -2.33. The van der Waals surface area contributed by atoms with Gasteiger partial charge in [-0.3, -0.25) is 5.41 Å². The first kappa shape index (κ1) is 12.3. The lowest BCUT2D eigenvalue weighted by molar-refractivity contribution is 0.702. The highest BCUT2D eigenvalue weighted by Gasteiger charge is 2.16. The zero-order valence-electron chi connectivity index (χ0n) is 10.9. The Hall–Kier alpha value is -2.11. The van der Waals surface area contributed by atoms with E-state index in [0.717, 1.165) is 16.9 Å². The van der Waals surface area contributed by atoms with Gasteiger partial charge in [0.1, 0.15) is 5.52 Å². The van der Waals surface area contributed by atoms with Gasteiger partial charge in [-0.1, -0.05) is 0 Å². The quantitative estimate of drug-likeness (QED) is 0.625. The summed E-state index contributed by atoms with van der Waals surface area (Å²) in [6.07, 6.45) is 4.07. The van der Waals surface area contributed by atoms with Gasteiger partial charge in [-0.25, -0.2) is 9.97 Å². The van der Waals surface area contributed by atoms with Crippen LogP contribution in [0.4, 0.5) is 5.82 Å². The van der Waals surface area contributed by atoms with E-state index in [1.807, 2.05) is 36.6 Å². The lowest BCUT2D eigenvalue weighted by atomic mass is 10.2. The van der Waals surface area contributed by atoms with Crippen LogP contribution in [0.15, 0.2) is 18.6 Å². The summed E-state index contributed by atoms with van der Waals surface area (Å²) in [4.78, 5) is 10.8. The molecule has 0 saturated heterocycles. The fourth-order valence-corrected chi connectivity index (χ4v) is 1.97. The lowest BCUT2D eigenvalue weighted by Gasteiger charge is -2.25. The molecule has 2 aromatic rings. The van der Waals surface area contributed by atoms with Crippen LogP contribution in [0.5, 0.6) is 0 Å². The van der Waals surface area contributed by atoms with Crippen molar-refractivity contribution in [2.45, 2.75) is 19.4 Å². The monoisotopic (exact) mass is 246 g/mol. The molecule has 2 aromatic heterocycles. The van der Waals surface area contributed by atoms with Gasteiger partial charge in [0.15, 0.2) is 5.82 Å². The molecule has 0 aliphatic carbocycles. The predicted molar refractivity (Wildman–Crippen MR) is 72.9 cm³/mol. The van der Waals surface area contributed by atoms with Crippen LogP contribution in [0, 0.1) is 5.41 Å². The molecule has 0 amide bonds. The third-order valence-electron chi connectivity index (χ3n) is 3.13. The van der Waals surface area contributed by atoms with Gasteiger partial charge < -0.3 is 15.2 Å². The molecular weight excluding hydrogens is 228 g/mol. The summed E-state index contributed by atoms with van der Waals surface area (Å²) in [7, 11) is 3.90. The number of nitrogens with one attached hydrogen (secondary N) is 1. The van der Waals surface area contributed by atoms with Gasteiger partial charge in [-0.2, -0.15) is 0 Å². The van der Waals surface area contributed by atoms with Crippen molar-refractivity contribution >= 4 is 22.7 Å². The summed E-state index contributed by atoms with van der Waals surface area (Å²) in [5.74, 6) is 1.00. The molecule has 6 nitrogen and oxygen atoms in total. The molecular formula is C12H18N6. The number of anilines is 1. The average Bonchev–Trinajstić information content (AvgIpc) is 2.69. The van der Waals surface area contributed by atoms with Gasteiger partial charge in [-0.15, -0.1) is 0 Å². The fraction of sp³-hybridized carbons (Fsp3) is 0.417. The van der Waals surface area contributed by atoms with Crippen molar-refractivity contribution in [3.63, 3.8) is 0 Å². The highest BCUT2D eigenvalue weighted by molar-refractivity contribution is 5.86. The van der Waals surface area contributed by atoms with Crippen LogP contribution in [0.1, 0.15) is 13.3 Å². The summed E-state index contributed by atoms with van der Waals surface area (Å²) in [5, 5.41) is 7.36. The summed E-state index contributed by atoms with van der Waals surface area (Å²) in [6.45, 7) is 2.02. The van der Waals surface area contributed by atoms with E-state index in [1.54, 1.807) is 12.5 Å². The van der Waals surface area contributed by atoms with E-state index in [2.05, 4.69) is 9.97 Å². The third kappa shape index (κ3) is 2.13. The van der Waals surface area contributed by atoms with Crippen LogP contribution in [-0.2, 0) is 7.05 Å². The normalized spacial score (nSPS) is 12.6. The highest BCUT2D eigenvalue weighted by Crippen LogP contribution is 2.23. The van der Waals surface area contributed by atoms with Crippen molar-refractivity contribution in [3.05, 3.63) is 18.6 Å². The summed E-state index contributed by atoms with van der Waals surface area (Å²) < 4.78 is 1.96. The first-order chi connectivity index (χ1) is 8.50. The topological polar surface area (TPSA) is 83.8 Å². The van der Waals surface area contributed by atoms with E-state index in [-0.39, 0.29) is 11.9 Å². The zero-order valence-corrected chi connectivity index (χ0v) is 10.9. The van der Waals surface area contributed by atoms with E-state index in [9.17, 15) is 0 Å². The minimum atomic E-state index is 0.114. The number of hydrogen-bond acceptors (Lipinski definition) is 4. The number of nitrogens with zero attached hydrogens (tertiary/aromatic N) is 4. The molecule has 0 spiro atoms. The Labute approximate surface area is 106 Å². The smallest absolute Gasteiger partial charge is 0.156 e. The molecule has 1 unspecified atom stereocenters. The van der Waals surface area contributed by atoms with Gasteiger partial charge in [0.05, 0.1) is 17.7 Å². The second kappa shape index (κ2) is 4.64. The Morgan fingerprint density at radius 1 is 1.56 bits per heavy atom. The van der Waals surface area contributed by atoms with Crippen LogP contribution in [0.3, 0.4) is 0 Å². The van der Waals surface area contributed by atoms with Crippen LogP contribution in [0.2, 0.25) is 0 Å². The van der Waals surface area contributed by atoms with E-state index < -0.39 is 0 Å². The van der Waals surface area contributed by atoms with Crippen molar-refractivity contribution < 1.29 is 0 Å². The number of hydrogen-bond donors (Lipinski definition) is 2. The Balaban J connectivity index is 2.38. The van der Waals surface area contributed by atoms with E-state index >= 15 is 0 Å². The highest BCUT2D eigenvalue weighted by atomic mass is 15.2. The molecule has 0 bridgehead atoms. The number of aromatic nitrogens is 3. The number of imidazole rings is 1. The molecule has 0 radical (unpaired) electrons.